The Hall–Kier alpha value is -1.20. The van der Waals surface area contributed by atoms with E-state index >= 15 is 0 Å². The molecule has 1 aromatic carbocycles. The molecule has 1 aliphatic rings. The lowest BCUT2D eigenvalue weighted by molar-refractivity contribution is -0.118. The molecule has 0 saturated heterocycles. The number of aryl methyl sites for hydroxylation is 1. The van der Waals surface area contributed by atoms with E-state index in [4.69, 9.17) is 0 Å². The Morgan fingerprint density at radius 3 is 2.95 bits per heavy atom. The van der Waals surface area contributed by atoms with Crippen molar-refractivity contribution in [2.24, 2.45) is 0 Å². The zero-order valence-electron chi connectivity index (χ0n) is 11.3. The Bertz CT molecular complexity index is 490. The number of para-hydroxylation sites is 1. The average Bonchev–Trinajstić information content (AvgIpc) is 2.48. The van der Waals surface area contributed by atoms with Crippen LogP contribution in [-0.4, -0.2) is 34.2 Å². The fraction of sp³-hybridized carbons (Fsp3) is 0.500. The first-order valence-electron chi connectivity index (χ1n) is 6.51. The molecule has 1 heterocycles. The van der Waals surface area contributed by atoms with Crippen molar-refractivity contribution in [1.82, 2.24) is 5.32 Å². The summed E-state index contributed by atoms with van der Waals surface area (Å²) in [6.45, 7) is 1.96. The van der Waals surface area contributed by atoms with Crippen LogP contribution in [0, 0.1) is 0 Å². The van der Waals surface area contributed by atoms with Crippen molar-refractivity contribution in [2.45, 2.75) is 31.8 Å². The SMILES string of the molecule is CC(CS(C)=O)NC1CCc2ccccc2NC1=O. The molecule has 3 unspecified atom stereocenters. The topological polar surface area (TPSA) is 58.2 Å². The summed E-state index contributed by atoms with van der Waals surface area (Å²) >= 11 is 0. The largest absolute Gasteiger partial charge is 0.324 e. The normalized spacial score (nSPS) is 22.0. The van der Waals surface area contributed by atoms with Gasteiger partial charge in [0.25, 0.3) is 0 Å². The van der Waals surface area contributed by atoms with Gasteiger partial charge in [0.1, 0.15) is 0 Å². The van der Waals surface area contributed by atoms with Crippen LogP contribution in [0.4, 0.5) is 5.69 Å². The average molecular weight is 280 g/mol. The molecule has 19 heavy (non-hydrogen) atoms. The molecule has 1 amide bonds. The first-order chi connectivity index (χ1) is 9.06. The zero-order chi connectivity index (χ0) is 13.8. The Kier molecular flexibility index (Phi) is 4.71. The molecule has 1 aliphatic heterocycles. The quantitative estimate of drug-likeness (QED) is 0.874. The molecular weight excluding hydrogens is 260 g/mol. The Balaban J connectivity index is 2.02. The van der Waals surface area contributed by atoms with Gasteiger partial charge in [0.05, 0.1) is 6.04 Å². The molecule has 0 fully saturated rings. The van der Waals surface area contributed by atoms with Crippen LogP contribution < -0.4 is 10.6 Å². The fourth-order valence-corrected chi connectivity index (χ4v) is 3.21. The van der Waals surface area contributed by atoms with Gasteiger partial charge in [-0.1, -0.05) is 18.2 Å². The Morgan fingerprint density at radius 2 is 2.21 bits per heavy atom. The number of hydrogen-bond donors (Lipinski definition) is 2. The molecule has 0 bridgehead atoms. The van der Waals surface area contributed by atoms with Gasteiger partial charge in [-0.3, -0.25) is 9.00 Å². The Morgan fingerprint density at radius 1 is 1.47 bits per heavy atom. The van der Waals surface area contributed by atoms with Crippen molar-refractivity contribution in [3.63, 3.8) is 0 Å². The monoisotopic (exact) mass is 280 g/mol. The van der Waals surface area contributed by atoms with E-state index in [1.807, 2.05) is 31.2 Å². The second-order valence-corrected chi connectivity index (χ2v) is 6.52. The van der Waals surface area contributed by atoms with Gasteiger partial charge in [0.15, 0.2) is 0 Å². The molecule has 5 heteroatoms. The number of carbonyl (C=O) groups is 1. The standard InChI is InChI=1S/C14H20N2O2S/c1-10(9-19(2)18)15-13-8-7-11-5-3-4-6-12(11)16-14(13)17/h3-6,10,13,15H,7-9H2,1-2H3,(H,16,17). The van der Waals surface area contributed by atoms with Crippen molar-refractivity contribution in [3.8, 4) is 0 Å². The van der Waals surface area contributed by atoms with Gasteiger partial charge in [-0.25, -0.2) is 0 Å². The first-order valence-corrected chi connectivity index (χ1v) is 8.24. The minimum Gasteiger partial charge on any atom is -0.324 e. The molecular formula is C14H20N2O2S. The van der Waals surface area contributed by atoms with Crippen LogP contribution in [0.3, 0.4) is 0 Å². The van der Waals surface area contributed by atoms with E-state index in [0.29, 0.717) is 5.75 Å². The van der Waals surface area contributed by atoms with Crippen molar-refractivity contribution in [1.29, 1.82) is 0 Å². The number of amides is 1. The summed E-state index contributed by atoms with van der Waals surface area (Å²) in [5, 5.41) is 6.22. The molecule has 0 aromatic heterocycles. The maximum atomic E-state index is 12.1. The van der Waals surface area contributed by atoms with Gasteiger partial charge in [-0.05, 0) is 31.4 Å². The maximum Gasteiger partial charge on any atom is 0.241 e. The fourth-order valence-electron chi connectivity index (χ4n) is 2.41. The zero-order valence-corrected chi connectivity index (χ0v) is 12.1. The highest BCUT2D eigenvalue weighted by molar-refractivity contribution is 7.84. The van der Waals surface area contributed by atoms with Crippen molar-refractivity contribution in [3.05, 3.63) is 29.8 Å². The van der Waals surface area contributed by atoms with E-state index in [-0.39, 0.29) is 18.0 Å². The van der Waals surface area contributed by atoms with E-state index in [2.05, 4.69) is 10.6 Å². The van der Waals surface area contributed by atoms with Crippen LogP contribution in [0.1, 0.15) is 18.9 Å². The summed E-state index contributed by atoms with van der Waals surface area (Å²) in [4.78, 5) is 12.1. The molecule has 0 radical (unpaired) electrons. The van der Waals surface area contributed by atoms with Crippen molar-refractivity contribution in [2.75, 3.05) is 17.3 Å². The van der Waals surface area contributed by atoms with E-state index < -0.39 is 10.8 Å². The van der Waals surface area contributed by atoms with Gasteiger partial charge in [-0.2, -0.15) is 0 Å². The number of anilines is 1. The van der Waals surface area contributed by atoms with Gasteiger partial charge in [0, 0.05) is 34.5 Å². The second kappa shape index (κ2) is 6.30. The smallest absolute Gasteiger partial charge is 0.241 e. The molecule has 104 valence electrons. The van der Waals surface area contributed by atoms with Crippen LogP contribution >= 0.6 is 0 Å². The summed E-state index contributed by atoms with van der Waals surface area (Å²) in [6, 6.07) is 7.74. The molecule has 0 aliphatic carbocycles. The minimum atomic E-state index is -0.850. The number of fused-ring (bicyclic) bond motifs is 1. The summed E-state index contributed by atoms with van der Waals surface area (Å²) in [6.07, 6.45) is 3.32. The highest BCUT2D eigenvalue weighted by atomic mass is 32.2. The summed E-state index contributed by atoms with van der Waals surface area (Å²) in [5.41, 5.74) is 2.08. The third-order valence-electron chi connectivity index (χ3n) is 3.26. The van der Waals surface area contributed by atoms with E-state index in [9.17, 15) is 9.00 Å². The number of carbonyl (C=O) groups excluding carboxylic acids is 1. The number of hydrogen-bond acceptors (Lipinski definition) is 3. The van der Waals surface area contributed by atoms with Gasteiger partial charge in [-0.15, -0.1) is 0 Å². The predicted octanol–water partition coefficient (Wildman–Crippen LogP) is 1.30. The minimum absolute atomic E-state index is 0.00122. The van der Waals surface area contributed by atoms with Crippen LogP contribution in [-0.2, 0) is 22.0 Å². The summed E-state index contributed by atoms with van der Waals surface area (Å²) in [5.74, 6) is 0.565. The van der Waals surface area contributed by atoms with E-state index in [0.717, 1.165) is 18.5 Å². The Labute approximate surface area is 116 Å². The maximum absolute atomic E-state index is 12.1. The second-order valence-electron chi connectivity index (χ2n) is 5.05. The lowest BCUT2D eigenvalue weighted by atomic mass is 10.1. The third-order valence-corrected chi connectivity index (χ3v) is 4.23. The molecule has 0 saturated carbocycles. The molecule has 1 aromatic rings. The van der Waals surface area contributed by atoms with Crippen LogP contribution in [0.5, 0.6) is 0 Å². The van der Waals surface area contributed by atoms with E-state index in [1.165, 1.54) is 5.56 Å². The molecule has 3 atom stereocenters. The highest BCUT2D eigenvalue weighted by Crippen LogP contribution is 2.21. The molecule has 4 nitrogen and oxygen atoms in total. The van der Waals surface area contributed by atoms with Crippen LogP contribution in [0.2, 0.25) is 0 Å². The summed E-state index contributed by atoms with van der Waals surface area (Å²) in [7, 11) is -0.850. The van der Waals surface area contributed by atoms with Crippen molar-refractivity contribution >= 4 is 22.4 Å². The van der Waals surface area contributed by atoms with Crippen molar-refractivity contribution < 1.29 is 9.00 Å². The highest BCUT2D eigenvalue weighted by Gasteiger charge is 2.24. The molecule has 0 spiro atoms. The summed E-state index contributed by atoms with van der Waals surface area (Å²) < 4.78 is 11.2. The van der Waals surface area contributed by atoms with E-state index in [1.54, 1.807) is 6.26 Å². The molecule has 2 rings (SSSR count). The molecule has 2 N–H and O–H groups in total. The lowest BCUT2D eigenvalue weighted by Crippen LogP contribution is -2.46. The lowest BCUT2D eigenvalue weighted by Gasteiger charge is -2.20. The van der Waals surface area contributed by atoms with Crippen LogP contribution in [0.25, 0.3) is 0 Å². The number of rotatable bonds is 4. The number of nitrogens with one attached hydrogen (secondary N) is 2. The predicted molar refractivity (Wildman–Crippen MR) is 78.7 cm³/mol. The number of benzene rings is 1. The third kappa shape index (κ3) is 3.88. The van der Waals surface area contributed by atoms with Gasteiger partial charge >= 0.3 is 0 Å². The first kappa shape index (κ1) is 14.2. The van der Waals surface area contributed by atoms with Gasteiger partial charge in [0.2, 0.25) is 5.91 Å². The van der Waals surface area contributed by atoms with Gasteiger partial charge < -0.3 is 10.6 Å². The van der Waals surface area contributed by atoms with Crippen LogP contribution in [0.15, 0.2) is 24.3 Å².